The summed E-state index contributed by atoms with van der Waals surface area (Å²) in [6, 6.07) is 12.3. The number of ether oxygens (including phenoxy) is 1. The number of para-hydroxylation sites is 1. The van der Waals surface area contributed by atoms with E-state index >= 15 is 0 Å². The number of hydrogen-bond donors (Lipinski definition) is 1. The van der Waals surface area contributed by atoms with Crippen molar-refractivity contribution in [1.29, 1.82) is 0 Å². The zero-order chi connectivity index (χ0) is 12.4. The summed E-state index contributed by atoms with van der Waals surface area (Å²) in [5, 5.41) is 3.25. The van der Waals surface area contributed by atoms with E-state index in [1.165, 1.54) is 11.1 Å². The molecule has 1 aromatic heterocycles. The first-order chi connectivity index (χ1) is 8.88. The van der Waals surface area contributed by atoms with E-state index in [0.717, 1.165) is 24.6 Å². The number of fused-ring (bicyclic) bond motifs is 2. The number of nitrogens with zero attached hydrogens (tertiary/aromatic N) is 1. The molecule has 0 radical (unpaired) electrons. The van der Waals surface area contributed by atoms with Gasteiger partial charge in [0.15, 0.2) is 0 Å². The van der Waals surface area contributed by atoms with Gasteiger partial charge in [-0.25, -0.2) is 4.98 Å². The first-order valence-electron chi connectivity index (χ1n) is 6.24. The van der Waals surface area contributed by atoms with Crippen LogP contribution in [0.15, 0.2) is 42.6 Å². The number of rotatable bonds is 2. The molecule has 1 aromatic carbocycles. The highest BCUT2D eigenvalue weighted by Gasteiger charge is 2.23. The van der Waals surface area contributed by atoms with Crippen LogP contribution in [0.2, 0.25) is 0 Å². The third-order valence-corrected chi connectivity index (χ3v) is 3.34. The average Bonchev–Trinajstić information content (AvgIpc) is 2.56. The molecule has 1 aliphatic heterocycles. The van der Waals surface area contributed by atoms with Gasteiger partial charge in [0.1, 0.15) is 5.75 Å². The van der Waals surface area contributed by atoms with Crippen molar-refractivity contribution < 1.29 is 4.74 Å². The van der Waals surface area contributed by atoms with Gasteiger partial charge in [-0.3, -0.25) is 0 Å². The van der Waals surface area contributed by atoms with E-state index in [-0.39, 0.29) is 0 Å². The van der Waals surface area contributed by atoms with Crippen molar-refractivity contribution in [3.8, 4) is 11.6 Å². The van der Waals surface area contributed by atoms with Crippen LogP contribution < -0.4 is 10.1 Å². The maximum atomic E-state index is 5.94. The first kappa shape index (κ1) is 11.2. The highest BCUT2D eigenvalue weighted by Crippen LogP contribution is 2.37. The quantitative estimate of drug-likeness (QED) is 0.876. The molecule has 1 atom stereocenters. The average molecular weight is 240 g/mol. The van der Waals surface area contributed by atoms with Gasteiger partial charge in [-0.2, -0.15) is 0 Å². The number of nitrogens with one attached hydrogen (secondary N) is 1. The predicted octanol–water partition coefficient (Wildman–Crippen LogP) is 2.73. The van der Waals surface area contributed by atoms with E-state index in [9.17, 15) is 0 Å². The van der Waals surface area contributed by atoms with Crippen molar-refractivity contribution in [2.75, 3.05) is 13.6 Å². The van der Waals surface area contributed by atoms with E-state index in [1.807, 2.05) is 25.2 Å². The third kappa shape index (κ3) is 1.97. The Morgan fingerprint density at radius 3 is 3.06 bits per heavy atom. The molecule has 2 heterocycles. The number of aromatic nitrogens is 1. The Kier molecular flexibility index (Phi) is 2.99. The molecular formula is C15H16N2O. The van der Waals surface area contributed by atoms with Gasteiger partial charge in [0.2, 0.25) is 5.88 Å². The lowest BCUT2D eigenvalue weighted by molar-refractivity contribution is 0.457. The minimum absolute atomic E-state index is 0.405. The van der Waals surface area contributed by atoms with Crippen molar-refractivity contribution in [1.82, 2.24) is 10.3 Å². The Hall–Kier alpha value is -1.87. The second kappa shape index (κ2) is 4.78. The summed E-state index contributed by atoms with van der Waals surface area (Å²) in [6.07, 6.45) is 2.76. The molecule has 2 aromatic rings. The van der Waals surface area contributed by atoms with Crippen LogP contribution in [0.5, 0.6) is 11.6 Å². The fourth-order valence-corrected chi connectivity index (χ4v) is 2.48. The van der Waals surface area contributed by atoms with Gasteiger partial charge in [0.25, 0.3) is 0 Å². The maximum Gasteiger partial charge on any atom is 0.222 e. The van der Waals surface area contributed by atoms with Crippen LogP contribution >= 0.6 is 0 Å². The molecule has 92 valence electrons. The minimum Gasteiger partial charge on any atom is -0.438 e. The molecule has 0 bridgehead atoms. The van der Waals surface area contributed by atoms with Gasteiger partial charge >= 0.3 is 0 Å². The Morgan fingerprint density at radius 2 is 2.17 bits per heavy atom. The summed E-state index contributed by atoms with van der Waals surface area (Å²) in [5.41, 5.74) is 2.43. The summed E-state index contributed by atoms with van der Waals surface area (Å²) in [5.74, 6) is 2.07. The standard InChI is InChI=1S/C15H16N2O/c1-16-10-12-9-11-5-2-3-7-14(11)18-15-13(12)6-4-8-17-15/h2-8,12,16H,9-10H2,1H3/t12-/m0/s1. The van der Waals surface area contributed by atoms with Gasteiger partial charge in [-0.05, 0) is 31.2 Å². The van der Waals surface area contributed by atoms with Gasteiger partial charge < -0.3 is 10.1 Å². The van der Waals surface area contributed by atoms with Crippen molar-refractivity contribution >= 4 is 0 Å². The smallest absolute Gasteiger partial charge is 0.222 e. The lowest BCUT2D eigenvalue weighted by atomic mass is 9.93. The molecule has 1 N–H and O–H groups in total. The molecule has 0 fully saturated rings. The molecule has 0 saturated carbocycles. The molecule has 0 aliphatic carbocycles. The molecule has 3 nitrogen and oxygen atoms in total. The fourth-order valence-electron chi connectivity index (χ4n) is 2.48. The second-order valence-electron chi connectivity index (χ2n) is 4.57. The molecule has 0 spiro atoms. The molecule has 18 heavy (non-hydrogen) atoms. The third-order valence-electron chi connectivity index (χ3n) is 3.34. The summed E-state index contributed by atoms with van der Waals surface area (Å²) in [6.45, 7) is 0.927. The van der Waals surface area contributed by atoms with E-state index < -0.39 is 0 Å². The Bertz CT molecular complexity index is 554. The Balaban J connectivity index is 2.08. The minimum atomic E-state index is 0.405. The predicted molar refractivity (Wildman–Crippen MR) is 71.1 cm³/mol. The zero-order valence-corrected chi connectivity index (χ0v) is 10.4. The highest BCUT2D eigenvalue weighted by atomic mass is 16.5. The lowest BCUT2D eigenvalue weighted by Crippen LogP contribution is -2.18. The molecule has 3 heteroatoms. The normalized spacial score (nSPS) is 17.3. The SMILES string of the molecule is CNC[C@@H]1Cc2ccccc2Oc2ncccc21. The highest BCUT2D eigenvalue weighted by molar-refractivity contribution is 5.44. The maximum absolute atomic E-state index is 5.94. The fraction of sp³-hybridized carbons (Fsp3) is 0.267. The summed E-state index contributed by atoms with van der Waals surface area (Å²) in [4.78, 5) is 4.36. The largest absolute Gasteiger partial charge is 0.438 e. The first-order valence-corrected chi connectivity index (χ1v) is 6.24. The number of hydrogen-bond acceptors (Lipinski definition) is 3. The second-order valence-corrected chi connectivity index (χ2v) is 4.57. The summed E-state index contributed by atoms with van der Waals surface area (Å²) in [7, 11) is 1.98. The molecule has 1 aliphatic rings. The topological polar surface area (TPSA) is 34.1 Å². The van der Waals surface area contributed by atoms with Crippen LogP contribution in [0.4, 0.5) is 0 Å². The molecule has 0 saturated heterocycles. The number of likely N-dealkylation sites (N-methyl/N-ethyl adjacent to an activating group) is 1. The van der Waals surface area contributed by atoms with Crippen LogP contribution in [-0.2, 0) is 6.42 Å². The van der Waals surface area contributed by atoms with Crippen molar-refractivity contribution in [3.05, 3.63) is 53.7 Å². The van der Waals surface area contributed by atoms with Gasteiger partial charge in [-0.1, -0.05) is 24.3 Å². The van der Waals surface area contributed by atoms with E-state index in [4.69, 9.17) is 4.74 Å². The Labute approximate surface area is 107 Å². The molecular weight excluding hydrogens is 224 g/mol. The molecule has 0 amide bonds. The Morgan fingerprint density at radius 1 is 1.28 bits per heavy atom. The molecule has 3 rings (SSSR count). The van der Waals surface area contributed by atoms with Crippen molar-refractivity contribution in [2.45, 2.75) is 12.3 Å². The van der Waals surface area contributed by atoms with Crippen LogP contribution in [0.25, 0.3) is 0 Å². The summed E-state index contributed by atoms with van der Waals surface area (Å²) < 4.78 is 5.94. The van der Waals surface area contributed by atoms with Crippen LogP contribution in [0, 0.1) is 0 Å². The zero-order valence-electron chi connectivity index (χ0n) is 10.4. The van der Waals surface area contributed by atoms with Gasteiger partial charge in [0, 0.05) is 24.2 Å². The summed E-state index contributed by atoms with van der Waals surface area (Å²) >= 11 is 0. The number of pyridine rings is 1. The van der Waals surface area contributed by atoms with Crippen LogP contribution in [0.3, 0.4) is 0 Å². The molecule has 0 unspecified atom stereocenters. The lowest BCUT2D eigenvalue weighted by Gasteiger charge is -2.15. The number of benzene rings is 1. The van der Waals surface area contributed by atoms with Gasteiger partial charge in [0.05, 0.1) is 0 Å². The van der Waals surface area contributed by atoms with Crippen LogP contribution in [-0.4, -0.2) is 18.6 Å². The van der Waals surface area contributed by atoms with Gasteiger partial charge in [-0.15, -0.1) is 0 Å². The van der Waals surface area contributed by atoms with Crippen LogP contribution in [0.1, 0.15) is 17.0 Å². The monoisotopic (exact) mass is 240 g/mol. The van der Waals surface area contributed by atoms with E-state index in [0.29, 0.717) is 5.92 Å². The van der Waals surface area contributed by atoms with E-state index in [2.05, 4.69) is 28.5 Å². The van der Waals surface area contributed by atoms with Crippen molar-refractivity contribution in [3.63, 3.8) is 0 Å². The van der Waals surface area contributed by atoms with Crippen molar-refractivity contribution in [2.24, 2.45) is 0 Å². The van der Waals surface area contributed by atoms with E-state index in [1.54, 1.807) is 6.20 Å².